The van der Waals surface area contributed by atoms with Gasteiger partial charge in [-0.3, -0.25) is 4.98 Å². The van der Waals surface area contributed by atoms with E-state index >= 15 is 0 Å². The number of pyridine rings is 1. The highest BCUT2D eigenvalue weighted by Gasteiger charge is 2.21. The van der Waals surface area contributed by atoms with E-state index in [0.29, 0.717) is 33.5 Å². The van der Waals surface area contributed by atoms with E-state index in [1.807, 2.05) is 6.07 Å². The Morgan fingerprint density at radius 3 is 2.53 bits per heavy atom. The summed E-state index contributed by atoms with van der Waals surface area (Å²) in [4.78, 5) is 13.5. The monoisotopic (exact) mass is 450 g/mol. The molecular weight excluding hydrogens is 423 g/mol. The molecule has 0 amide bonds. The number of hydrogen-bond acceptors (Lipinski definition) is 6. The Hall–Kier alpha value is -1.47. The molecule has 0 bridgehead atoms. The molecular formula is C22H28Cl2N4O2. The van der Waals surface area contributed by atoms with Gasteiger partial charge in [-0.25, -0.2) is 9.97 Å². The minimum Gasteiger partial charge on any atom is -0.393 e. The second-order valence-corrected chi connectivity index (χ2v) is 9.13. The van der Waals surface area contributed by atoms with E-state index in [4.69, 9.17) is 32.9 Å². The van der Waals surface area contributed by atoms with Crippen LogP contribution < -0.4 is 5.32 Å². The number of nitrogens with one attached hydrogen (secondary N) is 1. The third-order valence-corrected chi connectivity index (χ3v) is 6.71. The van der Waals surface area contributed by atoms with Crippen molar-refractivity contribution in [3.8, 4) is 11.3 Å². The summed E-state index contributed by atoms with van der Waals surface area (Å²) in [6, 6.07) is 2.01. The zero-order valence-electron chi connectivity index (χ0n) is 17.0. The van der Waals surface area contributed by atoms with Gasteiger partial charge < -0.3 is 15.2 Å². The number of aliphatic hydroxyl groups is 1. The van der Waals surface area contributed by atoms with Crippen LogP contribution >= 0.6 is 23.2 Å². The summed E-state index contributed by atoms with van der Waals surface area (Å²) in [5.41, 5.74) is 2.49. The van der Waals surface area contributed by atoms with Gasteiger partial charge >= 0.3 is 0 Å². The van der Waals surface area contributed by atoms with Gasteiger partial charge in [0, 0.05) is 37.2 Å². The minimum absolute atomic E-state index is 0.147. The average Bonchev–Trinajstić information content (AvgIpc) is 2.77. The number of anilines is 1. The molecule has 8 heteroatoms. The second-order valence-electron chi connectivity index (χ2n) is 8.37. The van der Waals surface area contributed by atoms with Crippen molar-refractivity contribution in [3.63, 3.8) is 0 Å². The summed E-state index contributed by atoms with van der Waals surface area (Å²) >= 11 is 12.7. The third-order valence-electron chi connectivity index (χ3n) is 6.13. The Morgan fingerprint density at radius 1 is 1.00 bits per heavy atom. The Bertz CT molecular complexity index is 853. The molecule has 1 aliphatic heterocycles. The smallest absolute Gasteiger partial charge is 0.171 e. The quantitative estimate of drug-likeness (QED) is 0.658. The van der Waals surface area contributed by atoms with Crippen molar-refractivity contribution < 1.29 is 9.84 Å². The SMILES string of the molecule is OC1CCC(Cc2cc(-c3cnc(Cl)c(NCC4CCOCC4)n3)c(Cl)cn2)CC1. The third kappa shape index (κ3) is 5.61. The molecule has 162 valence electrons. The highest BCUT2D eigenvalue weighted by Crippen LogP contribution is 2.32. The zero-order valence-corrected chi connectivity index (χ0v) is 18.5. The first kappa shape index (κ1) is 21.8. The number of rotatable bonds is 6. The van der Waals surface area contributed by atoms with Crippen LogP contribution in [0.15, 0.2) is 18.5 Å². The molecule has 2 N–H and O–H groups in total. The average molecular weight is 451 g/mol. The van der Waals surface area contributed by atoms with E-state index in [0.717, 1.165) is 76.0 Å². The molecule has 3 heterocycles. The van der Waals surface area contributed by atoms with Gasteiger partial charge in [-0.1, -0.05) is 23.2 Å². The Kier molecular flexibility index (Phi) is 7.41. The first-order valence-corrected chi connectivity index (χ1v) is 11.5. The summed E-state index contributed by atoms with van der Waals surface area (Å²) in [7, 11) is 0. The lowest BCUT2D eigenvalue weighted by molar-refractivity contribution is 0.0699. The van der Waals surface area contributed by atoms with Crippen LogP contribution in [0, 0.1) is 11.8 Å². The highest BCUT2D eigenvalue weighted by atomic mass is 35.5. The predicted octanol–water partition coefficient (Wildman–Crippen LogP) is 4.78. The molecule has 2 aromatic rings. The second kappa shape index (κ2) is 10.2. The lowest BCUT2D eigenvalue weighted by atomic mass is 9.84. The Morgan fingerprint density at radius 2 is 1.77 bits per heavy atom. The fourth-order valence-corrected chi connectivity index (χ4v) is 4.60. The molecule has 1 aliphatic carbocycles. The van der Waals surface area contributed by atoms with Gasteiger partial charge in [-0.05, 0) is 62.8 Å². The number of hydrogen-bond donors (Lipinski definition) is 2. The van der Waals surface area contributed by atoms with Gasteiger partial charge in [0.1, 0.15) is 0 Å². The van der Waals surface area contributed by atoms with E-state index in [1.165, 1.54) is 0 Å². The standard InChI is InChI=1S/C22H28Cl2N4O2/c23-19-12-25-16(9-14-1-3-17(29)4-2-14)10-18(19)20-13-26-21(24)22(28-20)27-11-15-5-7-30-8-6-15/h10,12-15,17,29H,1-9,11H2,(H,27,28). The zero-order chi connectivity index (χ0) is 20.9. The van der Waals surface area contributed by atoms with Gasteiger partial charge in [-0.15, -0.1) is 0 Å². The van der Waals surface area contributed by atoms with Gasteiger partial charge in [0.2, 0.25) is 0 Å². The normalized spacial score (nSPS) is 22.8. The van der Waals surface area contributed by atoms with E-state index in [1.54, 1.807) is 12.4 Å². The van der Waals surface area contributed by atoms with Gasteiger partial charge in [0.05, 0.1) is 23.0 Å². The number of aliphatic hydroxyl groups excluding tert-OH is 1. The molecule has 30 heavy (non-hydrogen) atoms. The van der Waals surface area contributed by atoms with E-state index < -0.39 is 0 Å². The summed E-state index contributed by atoms with van der Waals surface area (Å²) < 4.78 is 5.42. The topological polar surface area (TPSA) is 80.2 Å². The molecule has 0 spiro atoms. The molecule has 2 aromatic heterocycles. The highest BCUT2D eigenvalue weighted by molar-refractivity contribution is 6.33. The van der Waals surface area contributed by atoms with Crippen molar-refractivity contribution in [1.82, 2.24) is 15.0 Å². The van der Waals surface area contributed by atoms with Crippen molar-refractivity contribution in [2.24, 2.45) is 11.8 Å². The van der Waals surface area contributed by atoms with Crippen molar-refractivity contribution in [2.75, 3.05) is 25.1 Å². The van der Waals surface area contributed by atoms with Gasteiger partial charge in [0.15, 0.2) is 11.0 Å². The van der Waals surface area contributed by atoms with Crippen molar-refractivity contribution in [2.45, 2.75) is 51.0 Å². The van der Waals surface area contributed by atoms with Crippen molar-refractivity contribution >= 4 is 29.0 Å². The summed E-state index contributed by atoms with van der Waals surface area (Å²) in [5, 5.41) is 14.0. The number of halogens is 2. The first-order valence-electron chi connectivity index (χ1n) is 10.8. The van der Waals surface area contributed by atoms with E-state index in [2.05, 4.69) is 15.3 Å². The van der Waals surface area contributed by atoms with Gasteiger partial charge in [-0.2, -0.15) is 0 Å². The van der Waals surface area contributed by atoms with Crippen LogP contribution in [0.2, 0.25) is 10.2 Å². The summed E-state index contributed by atoms with van der Waals surface area (Å²) in [6.45, 7) is 2.41. The molecule has 0 unspecified atom stereocenters. The van der Waals surface area contributed by atoms with Crippen LogP contribution in [-0.2, 0) is 11.2 Å². The Labute approximate surface area is 187 Å². The van der Waals surface area contributed by atoms with Crippen LogP contribution in [0.5, 0.6) is 0 Å². The molecule has 6 nitrogen and oxygen atoms in total. The van der Waals surface area contributed by atoms with Crippen LogP contribution in [-0.4, -0.2) is 45.9 Å². The van der Waals surface area contributed by atoms with Crippen LogP contribution in [0.3, 0.4) is 0 Å². The molecule has 1 saturated carbocycles. The van der Waals surface area contributed by atoms with Gasteiger partial charge in [0.25, 0.3) is 0 Å². The Balaban J connectivity index is 1.48. The minimum atomic E-state index is -0.147. The maximum Gasteiger partial charge on any atom is 0.171 e. The van der Waals surface area contributed by atoms with Crippen LogP contribution in [0.25, 0.3) is 11.3 Å². The molecule has 1 saturated heterocycles. The molecule has 4 rings (SSSR count). The summed E-state index contributed by atoms with van der Waals surface area (Å²) in [6.07, 6.45) is 9.96. The summed E-state index contributed by atoms with van der Waals surface area (Å²) in [5.74, 6) is 1.67. The number of ether oxygens (including phenoxy) is 1. The van der Waals surface area contributed by atoms with Crippen molar-refractivity contribution in [1.29, 1.82) is 0 Å². The molecule has 0 radical (unpaired) electrons. The predicted molar refractivity (Wildman–Crippen MR) is 119 cm³/mol. The lowest BCUT2D eigenvalue weighted by Crippen LogP contribution is -2.23. The number of nitrogens with zero attached hydrogens (tertiary/aromatic N) is 3. The largest absolute Gasteiger partial charge is 0.393 e. The molecule has 0 atom stereocenters. The molecule has 2 fully saturated rings. The van der Waals surface area contributed by atoms with Crippen molar-refractivity contribution in [3.05, 3.63) is 34.3 Å². The first-order chi connectivity index (χ1) is 14.6. The maximum atomic E-state index is 9.73. The van der Waals surface area contributed by atoms with Crippen LogP contribution in [0.1, 0.15) is 44.2 Å². The molecule has 0 aromatic carbocycles. The fourth-order valence-electron chi connectivity index (χ4n) is 4.24. The van der Waals surface area contributed by atoms with E-state index in [-0.39, 0.29) is 6.10 Å². The molecule has 2 aliphatic rings. The van der Waals surface area contributed by atoms with E-state index in [9.17, 15) is 5.11 Å². The number of aromatic nitrogens is 3. The fraction of sp³-hybridized carbons (Fsp3) is 0.591. The van der Waals surface area contributed by atoms with Crippen LogP contribution in [0.4, 0.5) is 5.82 Å². The lowest BCUT2D eigenvalue weighted by Gasteiger charge is -2.25. The maximum absolute atomic E-state index is 9.73.